The number of nitrogens with zero attached hydrogens (tertiary/aromatic N) is 2. The van der Waals surface area contributed by atoms with Crippen LogP contribution in [0.25, 0.3) is 0 Å². The van der Waals surface area contributed by atoms with Crippen LogP contribution in [0.2, 0.25) is 0 Å². The van der Waals surface area contributed by atoms with Crippen LogP contribution in [0.15, 0.2) is 24.3 Å². The van der Waals surface area contributed by atoms with Gasteiger partial charge in [0.1, 0.15) is 5.75 Å². The van der Waals surface area contributed by atoms with Gasteiger partial charge in [-0.15, -0.1) is 0 Å². The highest BCUT2D eigenvalue weighted by molar-refractivity contribution is 8.07. The second-order valence-electron chi connectivity index (χ2n) is 9.29. The largest absolute Gasteiger partial charge is 0.422 e. The Morgan fingerprint density at radius 1 is 0.871 bits per heavy atom. The predicted octanol–water partition coefficient (Wildman–Crippen LogP) is 7.63. The van der Waals surface area contributed by atoms with Crippen molar-refractivity contribution in [1.82, 2.24) is 9.34 Å². The van der Waals surface area contributed by atoms with Crippen molar-refractivity contribution in [3.8, 4) is 5.75 Å². The van der Waals surface area contributed by atoms with Gasteiger partial charge < -0.3 is 4.52 Å². The zero-order chi connectivity index (χ0) is 22.7. The normalized spacial score (nSPS) is 18.7. The molecule has 0 bridgehead atoms. The summed E-state index contributed by atoms with van der Waals surface area (Å²) in [5.74, 6) is 0.689. The van der Waals surface area contributed by atoms with Gasteiger partial charge in [0.15, 0.2) is 0 Å². The van der Waals surface area contributed by atoms with Crippen molar-refractivity contribution in [3.05, 3.63) is 29.8 Å². The molecular formula is C25H45N2O2PS. The number of rotatable bonds is 17. The molecule has 2 rings (SSSR count). The van der Waals surface area contributed by atoms with Gasteiger partial charge in [-0.1, -0.05) is 70.4 Å². The Bertz CT molecular complexity index is 671. The molecule has 0 aromatic heterocycles. The lowest BCUT2D eigenvalue weighted by atomic mass is 10.0. The van der Waals surface area contributed by atoms with E-state index < -0.39 is 7.67 Å². The summed E-state index contributed by atoms with van der Waals surface area (Å²) in [4.78, 5) is 0. The number of aryl methyl sites for hydroxylation is 1. The summed E-state index contributed by atoms with van der Waals surface area (Å²) in [6, 6.07) is 8.10. The zero-order valence-corrected chi connectivity index (χ0v) is 22.2. The highest BCUT2D eigenvalue weighted by Crippen LogP contribution is 2.50. The summed E-state index contributed by atoms with van der Waals surface area (Å²) in [7, 11) is 4.17. The molecule has 2 unspecified atom stereocenters. The van der Waals surface area contributed by atoms with Gasteiger partial charge in [0, 0.05) is 10.5 Å². The second-order valence-corrected chi connectivity index (χ2v) is 13.5. The molecule has 0 saturated carbocycles. The molecule has 1 saturated heterocycles. The van der Waals surface area contributed by atoms with Crippen molar-refractivity contribution in [1.29, 1.82) is 0 Å². The first-order chi connectivity index (χ1) is 14.9. The Morgan fingerprint density at radius 3 is 2.06 bits per heavy atom. The molecule has 0 aliphatic carbocycles. The van der Waals surface area contributed by atoms with Gasteiger partial charge >= 0.3 is 7.67 Å². The molecule has 1 heterocycles. The molecule has 1 aliphatic rings. The number of hydrogen-bond donors (Lipinski definition) is 0. The van der Waals surface area contributed by atoms with Crippen molar-refractivity contribution >= 4 is 19.4 Å². The Balaban J connectivity index is 1.57. The molecule has 4 nitrogen and oxygen atoms in total. The Kier molecular flexibility index (Phi) is 12.0. The standard InChI is InChI=1S/C25H45N2O2PS/c1-6-7-8-13-19-24-25(31-24)20-14-11-9-10-12-16-22-17-15-18-23(21-22)29-30(28,26(2)3)27(4)5/h15,17-18,21,24-25H,6-14,16,19-20H2,1-5H3. The van der Waals surface area contributed by atoms with Crippen molar-refractivity contribution < 1.29 is 9.09 Å². The fourth-order valence-corrected chi connectivity index (χ4v) is 6.75. The van der Waals surface area contributed by atoms with Gasteiger partial charge in [-0.05, 0) is 71.6 Å². The Labute approximate surface area is 196 Å². The quantitative estimate of drug-likeness (QED) is 0.133. The minimum absolute atomic E-state index is 0.689. The van der Waals surface area contributed by atoms with E-state index in [4.69, 9.17) is 4.52 Å². The van der Waals surface area contributed by atoms with Gasteiger partial charge in [-0.3, -0.25) is 0 Å². The fourth-order valence-electron chi connectivity index (χ4n) is 4.08. The molecule has 1 aromatic carbocycles. The number of unbranched alkanes of at least 4 members (excludes halogenated alkanes) is 7. The zero-order valence-electron chi connectivity index (χ0n) is 20.5. The van der Waals surface area contributed by atoms with Gasteiger partial charge in [-0.2, -0.15) is 11.8 Å². The lowest BCUT2D eigenvalue weighted by Gasteiger charge is -2.29. The summed E-state index contributed by atoms with van der Waals surface area (Å²) in [6.07, 6.45) is 16.2. The minimum Gasteiger partial charge on any atom is -0.422 e. The molecule has 0 amide bonds. The van der Waals surface area contributed by atoms with Crippen LogP contribution in [0.1, 0.15) is 83.1 Å². The molecule has 0 N–H and O–H groups in total. The van der Waals surface area contributed by atoms with Crippen LogP contribution in [-0.2, 0) is 11.0 Å². The lowest BCUT2D eigenvalue weighted by Crippen LogP contribution is -2.24. The summed E-state index contributed by atoms with van der Waals surface area (Å²) in [5, 5.41) is 1.96. The summed E-state index contributed by atoms with van der Waals surface area (Å²) >= 11 is 2.23. The van der Waals surface area contributed by atoms with Crippen LogP contribution in [-0.4, -0.2) is 48.0 Å². The Morgan fingerprint density at radius 2 is 1.45 bits per heavy atom. The third kappa shape index (κ3) is 9.50. The summed E-state index contributed by atoms with van der Waals surface area (Å²) in [6.45, 7) is 2.29. The molecule has 1 fully saturated rings. The summed E-state index contributed by atoms with van der Waals surface area (Å²) in [5.41, 5.74) is 1.27. The highest BCUT2D eigenvalue weighted by Gasteiger charge is 2.36. The number of benzene rings is 1. The molecule has 31 heavy (non-hydrogen) atoms. The topological polar surface area (TPSA) is 32.8 Å². The molecule has 0 spiro atoms. The van der Waals surface area contributed by atoms with E-state index in [2.05, 4.69) is 24.8 Å². The van der Waals surface area contributed by atoms with Crippen LogP contribution in [0, 0.1) is 0 Å². The molecule has 178 valence electrons. The molecule has 0 radical (unpaired) electrons. The van der Waals surface area contributed by atoms with Gasteiger partial charge in [0.2, 0.25) is 0 Å². The first-order valence-electron chi connectivity index (χ1n) is 12.3. The first-order valence-corrected chi connectivity index (χ1v) is 14.7. The monoisotopic (exact) mass is 468 g/mol. The Hall–Kier alpha value is -0.480. The van der Waals surface area contributed by atoms with E-state index in [-0.39, 0.29) is 0 Å². The van der Waals surface area contributed by atoms with Crippen LogP contribution < -0.4 is 4.52 Å². The van der Waals surface area contributed by atoms with Crippen molar-refractivity contribution in [2.45, 2.75) is 94.5 Å². The van der Waals surface area contributed by atoms with Crippen molar-refractivity contribution in [2.24, 2.45) is 0 Å². The number of hydrogen-bond acceptors (Lipinski definition) is 3. The minimum atomic E-state index is -3.00. The average Bonchev–Trinajstić information content (AvgIpc) is 3.48. The van der Waals surface area contributed by atoms with E-state index in [1.54, 1.807) is 37.5 Å². The van der Waals surface area contributed by atoms with Gasteiger partial charge in [0.05, 0.1) is 0 Å². The molecule has 6 heteroatoms. The number of thioether (sulfide) groups is 1. The van der Waals surface area contributed by atoms with E-state index in [9.17, 15) is 4.57 Å². The maximum absolute atomic E-state index is 13.0. The molecule has 1 aliphatic heterocycles. The highest BCUT2D eigenvalue weighted by atomic mass is 32.2. The average molecular weight is 469 g/mol. The van der Waals surface area contributed by atoms with Crippen LogP contribution in [0.3, 0.4) is 0 Å². The molecular weight excluding hydrogens is 423 g/mol. The maximum Gasteiger partial charge on any atom is 0.394 e. The first kappa shape index (κ1) is 26.8. The van der Waals surface area contributed by atoms with E-state index in [1.165, 1.54) is 76.2 Å². The van der Waals surface area contributed by atoms with Gasteiger partial charge in [-0.25, -0.2) is 13.9 Å². The molecule has 2 atom stereocenters. The molecule has 1 aromatic rings. The second kappa shape index (κ2) is 13.9. The van der Waals surface area contributed by atoms with Crippen LogP contribution in [0.5, 0.6) is 5.75 Å². The maximum atomic E-state index is 13.0. The smallest absolute Gasteiger partial charge is 0.394 e. The summed E-state index contributed by atoms with van der Waals surface area (Å²) < 4.78 is 22.3. The van der Waals surface area contributed by atoms with E-state index in [0.29, 0.717) is 5.75 Å². The van der Waals surface area contributed by atoms with Crippen molar-refractivity contribution in [3.63, 3.8) is 0 Å². The lowest BCUT2D eigenvalue weighted by molar-refractivity contribution is 0.354. The van der Waals surface area contributed by atoms with Crippen LogP contribution in [0.4, 0.5) is 0 Å². The van der Waals surface area contributed by atoms with E-state index in [1.807, 2.05) is 18.2 Å². The third-order valence-corrected chi connectivity index (χ3v) is 10.1. The van der Waals surface area contributed by atoms with Crippen LogP contribution >= 0.6 is 19.4 Å². The SMILES string of the molecule is CCCCCCC1SC1CCCCCCCc1cccc(OP(=O)(N(C)C)N(C)C)c1. The van der Waals surface area contributed by atoms with Crippen molar-refractivity contribution in [2.75, 3.05) is 28.2 Å². The fraction of sp³-hybridized carbons (Fsp3) is 0.760. The van der Waals surface area contributed by atoms with E-state index in [0.717, 1.165) is 16.9 Å². The third-order valence-electron chi connectivity index (χ3n) is 6.12. The van der Waals surface area contributed by atoms with Gasteiger partial charge in [0.25, 0.3) is 0 Å². The predicted molar refractivity (Wildman–Crippen MR) is 137 cm³/mol. The van der Waals surface area contributed by atoms with E-state index >= 15 is 0 Å².